The van der Waals surface area contributed by atoms with E-state index in [0.29, 0.717) is 35.4 Å². The maximum absolute atomic E-state index is 13.9. The molecule has 1 heterocycles. The quantitative estimate of drug-likeness (QED) is 0.574. The van der Waals surface area contributed by atoms with Crippen LogP contribution in [0.2, 0.25) is 0 Å². The number of rotatable bonds is 5. The molecule has 0 N–H and O–H groups in total. The fraction of sp³-hybridized carbons (Fsp3) is 0.320. The third-order valence-corrected chi connectivity index (χ3v) is 5.36. The van der Waals surface area contributed by atoms with Gasteiger partial charge in [0.1, 0.15) is 5.82 Å². The van der Waals surface area contributed by atoms with Gasteiger partial charge < -0.3 is 4.90 Å². The molecule has 6 heteroatoms. The molecule has 1 aromatic heterocycles. The van der Waals surface area contributed by atoms with Crippen molar-refractivity contribution in [2.24, 2.45) is 5.41 Å². The summed E-state index contributed by atoms with van der Waals surface area (Å²) >= 11 is 0. The lowest BCUT2D eigenvalue weighted by atomic mass is 9.76. The second kappa shape index (κ2) is 8.07. The van der Waals surface area contributed by atoms with E-state index in [4.69, 9.17) is 0 Å². The number of allylic oxidation sites excluding steroid dienone is 1. The van der Waals surface area contributed by atoms with E-state index in [-0.39, 0.29) is 22.3 Å². The number of halogens is 2. The Kier molecular flexibility index (Phi) is 5.82. The number of Topliss-reactive ketones (excluding diaryl/α,β-unsaturated/α-hetero) is 1. The SMILES string of the molecule is C=CN(/C=C(\C)c1cc(C#N)cc(C(C)(F)F)c1)c1ccc2c(n1)CC(C)(C)CC2=O. The van der Waals surface area contributed by atoms with E-state index in [1.165, 1.54) is 12.1 Å². The van der Waals surface area contributed by atoms with Crippen LogP contribution in [0.4, 0.5) is 14.6 Å². The van der Waals surface area contributed by atoms with Crippen LogP contribution in [-0.2, 0) is 12.3 Å². The van der Waals surface area contributed by atoms with Gasteiger partial charge in [0.15, 0.2) is 5.78 Å². The van der Waals surface area contributed by atoms with Crippen LogP contribution in [-0.4, -0.2) is 10.8 Å². The Morgan fingerprint density at radius 2 is 2.00 bits per heavy atom. The standard InChI is InChI=1S/C25H25F2N3O/c1-6-30(23-8-7-20-21(29-23)12-24(3,4)13-22(20)31)15-16(2)18-9-17(14-28)10-19(11-18)25(5,26)27/h6-11,15H,1,12-13H2,2-5H3/b16-15+. The molecule has 0 aliphatic heterocycles. The van der Waals surface area contributed by atoms with Gasteiger partial charge in [-0.1, -0.05) is 20.4 Å². The average molecular weight is 421 g/mol. The van der Waals surface area contributed by atoms with Crippen LogP contribution in [0.5, 0.6) is 0 Å². The summed E-state index contributed by atoms with van der Waals surface area (Å²) in [6, 6.07) is 9.63. The first kappa shape index (κ1) is 22.4. The Balaban J connectivity index is 2.00. The van der Waals surface area contributed by atoms with Gasteiger partial charge in [0.05, 0.1) is 17.3 Å². The summed E-state index contributed by atoms with van der Waals surface area (Å²) in [4.78, 5) is 18.8. The first-order valence-corrected chi connectivity index (χ1v) is 10.00. The third-order valence-electron chi connectivity index (χ3n) is 5.36. The molecule has 4 nitrogen and oxygen atoms in total. The number of nitriles is 1. The molecule has 0 atom stereocenters. The first-order valence-electron chi connectivity index (χ1n) is 10.00. The minimum atomic E-state index is -3.06. The molecule has 2 aromatic rings. The molecule has 0 unspecified atom stereocenters. The van der Waals surface area contributed by atoms with Crippen molar-refractivity contribution in [3.05, 3.63) is 77.3 Å². The molecule has 0 saturated heterocycles. The topological polar surface area (TPSA) is 57.0 Å². The second-order valence-electron chi connectivity index (χ2n) is 8.81. The Hall–Kier alpha value is -3.33. The summed E-state index contributed by atoms with van der Waals surface area (Å²) in [6.45, 7) is 10.5. The zero-order chi connectivity index (χ0) is 23.0. The van der Waals surface area contributed by atoms with E-state index < -0.39 is 5.92 Å². The number of hydrogen-bond acceptors (Lipinski definition) is 4. The van der Waals surface area contributed by atoms with Gasteiger partial charge in [-0.05, 0) is 60.2 Å². The molecular weight excluding hydrogens is 396 g/mol. The van der Waals surface area contributed by atoms with Gasteiger partial charge in [-0.3, -0.25) is 4.79 Å². The highest BCUT2D eigenvalue weighted by Crippen LogP contribution is 2.35. The molecule has 1 aromatic carbocycles. The van der Waals surface area contributed by atoms with Crippen molar-refractivity contribution in [2.45, 2.75) is 46.5 Å². The summed E-state index contributed by atoms with van der Waals surface area (Å²) in [5, 5.41) is 9.24. The highest BCUT2D eigenvalue weighted by molar-refractivity contribution is 5.98. The monoisotopic (exact) mass is 421 g/mol. The van der Waals surface area contributed by atoms with Crippen LogP contribution in [0.25, 0.3) is 5.57 Å². The van der Waals surface area contributed by atoms with Crippen molar-refractivity contribution in [3.8, 4) is 6.07 Å². The maximum atomic E-state index is 13.9. The first-order chi connectivity index (χ1) is 14.4. The molecule has 0 saturated carbocycles. The maximum Gasteiger partial charge on any atom is 0.270 e. The smallest absolute Gasteiger partial charge is 0.270 e. The lowest BCUT2D eigenvalue weighted by Gasteiger charge is -2.30. The molecule has 0 fully saturated rings. The number of hydrogen-bond donors (Lipinski definition) is 0. The summed E-state index contributed by atoms with van der Waals surface area (Å²) in [5.74, 6) is -2.39. The third kappa shape index (κ3) is 4.88. The van der Waals surface area contributed by atoms with Gasteiger partial charge in [0, 0.05) is 36.9 Å². The number of alkyl halides is 2. The van der Waals surface area contributed by atoms with Gasteiger partial charge in [-0.2, -0.15) is 5.26 Å². The highest BCUT2D eigenvalue weighted by Gasteiger charge is 2.32. The van der Waals surface area contributed by atoms with E-state index in [9.17, 15) is 18.8 Å². The summed E-state index contributed by atoms with van der Waals surface area (Å²) in [5.41, 5.74) is 2.36. The largest absolute Gasteiger partial charge is 0.309 e. The van der Waals surface area contributed by atoms with E-state index in [2.05, 4.69) is 11.6 Å². The number of fused-ring (bicyclic) bond motifs is 1. The Morgan fingerprint density at radius 1 is 1.29 bits per heavy atom. The van der Waals surface area contributed by atoms with Crippen molar-refractivity contribution in [1.29, 1.82) is 5.26 Å². The number of ketones is 1. The lowest BCUT2D eigenvalue weighted by Crippen LogP contribution is -2.28. The minimum Gasteiger partial charge on any atom is -0.309 e. The zero-order valence-corrected chi connectivity index (χ0v) is 18.2. The number of aromatic nitrogens is 1. The van der Waals surface area contributed by atoms with Crippen LogP contribution in [0, 0.1) is 16.7 Å². The molecule has 0 spiro atoms. The van der Waals surface area contributed by atoms with Crippen molar-refractivity contribution >= 4 is 17.2 Å². The Labute approximate surface area is 181 Å². The number of carbonyl (C=O) groups excluding carboxylic acids is 1. The molecule has 0 bridgehead atoms. The zero-order valence-electron chi connectivity index (χ0n) is 18.2. The molecule has 3 rings (SSSR count). The van der Waals surface area contributed by atoms with Gasteiger partial charge in [-0.25, -0.2) is 13.8 Å². The number of benzene rings is 1. The van der Waals surface area contributed by atoms with Gasteiger partial charge in [0.25, 0.3) is 5.92 Å². The fourth-order valence-corrected chi connectivity index (χ4v) is 3.74. The minimum absolute atomic E-state index is 0.0866. The van der Waals surface area contributed by atoms with Gasteiger partial charge in [0.2, 0.25) is 0 Å². The summed E-state index contributed by atoms with van der Waals surface area (Å²) < 4.78 is 27.7. The Bertz CT molecular complexity index is 1120. The van der Waals surface area contributed by atoms with E-state index in [1.807, 2.05) is 19.9 Å². The summed E-state index contributed by atoms with van der Waals surface area (Å²) in [6.07, 6.45) is 4.47. The normalized spacial score (nSPS) is 15.8. The van der Waals surface area contributed by atoms with Crippen LogP contribution in [0.3, 0.4) is 0 Å². The molecular formula is C25H25F2N3O. The second-order valence-corrected chi connectivity index (χ2v) is 8.81. The predicted molar refractivity (Wildman–Crippen MR) is 118 cm³/mol. The number of pyridine rings is 1. The average Bonchev–Trinajstić information content (AvgIpc) is 2.69. The number of nitrogens with zero attached hydrogens (tertiary/aromatic N) is 3. The number of anilines is 1. The molecule has 1 aliphatic rings. The molecule has 160 valence electrons. The van der Waals surface area contributed by atoms with Crippen molar-refractivity contribution in [1.82, 2.24) is 4.98 Å². The predicted octanol–water partition coefficient (Wildman–Crippen LogP) is 6.23. The fourth-order valence-electron chi connectivity index (χ4n) is 3.74. The highest BCUT2D eigenvalue weighted by atomic mass is 19.3. The van der Waals surface area contributed by atoms with Crippen molar-refractivity contribution in [3.63, 3.8) is 0 Å². The van der Waals surface area contributed by atoms with Crippen LogP contribution in [0.15, 0.2) is 49.3 Å². The van der Waals surface area contributed by atoms with Crippen LogP contribution < -0.4 is 4.90 Å². The van der Waals surface area contributed by atoms with Crippen LogP contribution >= 0.6 is 0 Å². The number of carbonyl (C=O) groups is 1. The van der Waals surface area contributed by atoms with Crippen LogP contribution in [0.1, 0.15) is 66.9 Å². The van der Waals surface area contributed by atoms with Crippen molar-refractivity contribution < 1.29 is 13.6 Å². The molecule has 0 amide bonds. The van der Waals surface area contributed by atoms with Crippen molar-refractivity contribution in [2.75, 3.05) is 4.90 Å². The van der Waals surface area contributed by atoms with Gasteiger partial charge in [-0.15, -0.1) is 0 Å². The lowest BCUT2D eigenvalue weighted by molar-refractivity contribution is 0.0174. The summed E-state index contributed by atoms with van der Waals surface area (Å²) in [7, 11) is 0. The molecule has 31 heavy (non-hydrogen) atoms. The Morgan fingerprint density at radius 3 is 2.61 bits per heavy atom. The molecule has 1 aliphatic carbocycles. The van der Waals surface area contributed by atoms with Gasteiger partial charge >= 0.3 is 0 Å². The van der Waals surface area contributed by atoms with E-state index >= 15 is 0 Å². The van der Waals surface area contributed by atoms with E-state index in [1.54, 1.807) is 42.4 Å². The van der Waals surface area contributed by atoms with E-state index in [0.717, 1.165) is 12.6 Å². The molecule has 0 radical (unpaired) electrons.